The first kappa shape index (κ1) is 16.3. The zero-order valence-electron chi connectivity index (χ0n) is 13.7. The summed E-state index contributed by atoms with van der Waals surface area (Å²) in [4.78, 5) is 0.177. The molecule has 0 spiro atoms. The van der Waals surface area contributed by atoms with Gasteiger partial charge in [-0.1, -0.05) is 46.6 Å². The number of benzene rings is 2. The molecule has 0 atom stereocenters. The predicted octanol–water partition coefficient (Wildman–Crippen LogP) is 4.07. The summed E-state index contributed by atoms with van der Waals surface area (Å²) in [6, 6.07) is 14.6. The molecule has 2 aromatic carbocycles. The van der Waals surface area contributed by atoms with E-state index in [4.69, 9.17) is 4.52 Å². The van der Waals surface area contributed by atoms with Gasteiger partial charge in [-0.15, -0.1) is 0 Å². The van der Waals surface area contributed by atoms with Crippen LogP contribution in [-0.4, -0.2) is 13.6 Å². The predicted molar refractivity (Wildman–Crippen MR) is 93.4 cm³/mol. The van der Waals surface area contributed by atoms with Crippen LogP contribution in [0, 0.1) is 20.8 Å². The Morgan fingerprint density at radius 3 is 2.04 bits per heavy atom. The van der Waals surface area contributed by atoms with Gasteiger partial charge in [0, 0.05) is 6.07 Å². The lowest BCUT2D eigenvalue weighted by Gasteiger charge is -2.08. The maximum Gasteiger partial charge on any atom is 0.263 e. The molecule has 24 heavy (non-hydrogen) atoms. The second-order valence-corrected chi connectivity index (χ2v) is 7.51. The van der Waals surface area contributed by atoms with Crippen LogP contribution < -0.4 is 4.72 Å². The highest BCUT2D eigenvalue weighted by Gasteiger charge is 2.16. The van der Waals surface area contributed by atoms with E-state index < -0.39 is 10.0 Å². The van der Waals surface area contributed by atoms with E-state index in [1.165, 1.54) is 17.2 Å². The summed E-state index contributed by atoms with van der Waals surface area (Å²) in [6.07, 6.45) is 0. The molecular weight excluding hydrogens is 324 g/mol. The van der Waals surface area contributed by atoms with Crippen molar-refractivity contribution < 1.29 is 12.9 Å². The molecule has 5 nitrogen and oxygen atoms in total. The van der Waals surface area contributed by atoms with E-state index in [9.17, 15) is 8.42 Å². The van der Waals surface area contributed by atoms with Gasteiger partial charge in [0.05, 0.1) is 4.90 Å². The van der Waals surface area contributed by atoms with Crippen molar-refractivity contribution in [3.8, 4) is 11.1 Å². The molecule has 0 saturated carbocycles. The van der Waals surface area contributed by atoms with Crippen LogP contribution in [0.25, 0.3) is 11.1 Å². The summed E-state index contributed by atoms with van der Waals surface area (Å²) in [5.41, 5.74) is 4.38. The Hall–Kier alpha value is -2.60. The number of nitrogens with one attached hydrogen (secondary N) is 1. The number of hydrogen-bond acceptors (Lipinski definition) is 4. The quantitative estimate of drug-likeness (QED) is 0.776. The Bertz CT molecular complexity index is 954. The molecule has 6 heteroatoms. The van der Waals surface area contributed by atoms with Crippen LogP contribution >= 0.6 is 0 Å². The van der Waals surface area contributed by atoms with E-state index in [1.807, 2.05) is 13.8 Å². The highest BCUT2D eigenvalue weighted by molar-refractivity contribution is 7.92. The van der Waals surface area contributed by atoms with E-state index >= 15 is 0 Å². The maximum atomic E-state index is 12.4. The molecule has 0 aliphatic carbocycles. The van der Waals surface area contributed by atoms with E-state index in [1.54, 1.807) is 31.2 Å². The van der Waals surface area contributed by atoms with E-state index in [0.717, 1.165) is 11.1 Å². The maximum absolute atomic E-state index is 12.4. The number of anilines is 1. The molecule has 3 aromatic rings. The number of aromatic nitrogens is 1. The average molecular weight is 342 g/mol. The Balaban J connectivity index is 1.88. The number of hydrogen-bond donors (Lipinski definition) is 1. The molecule has 0 fully saturated rings. The number of aryl methyl sites for hydroxylation is 3. The fourth-order valence-corrected chi connectivity index (χ4v) is 3.56. The van der Waals surface area contributed by atoms with Crippen LogP contribution in [0.1, 0.15) is 16.9 Å². The van der Waals surface area contributed by atoms with Crippen LogP contribution in [0.4, 0.5) is 5.82 Å². The van der Waals surface area contributed by atoms with Gasteiger partial charge in [0.2, 0.25) is 0 Å². The fraction of sp³-hybridized carbons (Fsp3) is 0.167. The van der Waals surface area contributed by atoms with Crippen LogP contribution in [0.5, 0.6) is 0 Å². The molecule has 0 bridgehead atoms. The van der Waals surface area contributed by atoms with Crippen molar-refractivity contribution in [2.24, 2.45) is 0 Å². The molecule has 0 amide bonds. The summed E-state index contributed by atoms with van der Waals surface area (Å²) < 4.78 is 32.0. The third kappa shape index (κ3) is 3.49. The zero-order valence-corrected chi connectivity index (χ0v) is 14.5. The van der Waals surface area contributed by atoms with Crippen molar-refractivity contribution in [1.82, 2.24) is 5.16 Å². The van der Waals surface area contributed by atoms with E-state index in [-0.39, 0.29) is 10.7 Å². The molecule has 124 valence electrons. The third-order valence-electron chi connectivity index (χ3n) is 3.59. The minimum atomic E-state index is -3.69. The van der Waals surface area contributed by atoms with Gasteiger partial charge in [-0.05, 0) is 44.0 Å². The van der Waals surface area contributed by atoms with E-state index in [0.29, 0.717) is 5.76 Å². The largest absolute Gasteiger partial charge is 0.360 e. The Kier molecular flexibility index (Phi) is 4.15. The smallest absolute Gasteiger partial charge is 0.263 e. The second kappa shape index (κ2) is 6.13. The third-order valence-corrected chi connectivity index (χ3v) is 4.96. The molecule has 0 unspecified atom stereocenters. The zero-order chi connectivity index (χ0) is 17.3. The van der Waals surface area contributed by atoms with Crippen molar-refractivity contribution >= 4 is 15.8 Å². The van der Waals surface area contributed by atoms with Gasteiger partial charge in [0.25, 0.3) is 10.0 Å². The molecule has 0 aliphatic rings. The fourth-order valence-electron chi connectivity index (χ4n) is 2.58. The summed E-state index contributed by atoms with van der Waals surface area (Å²) in [5.74, 6) is 0.712. The van der Waals surface area contributed by atoms with Crippen LogP contribution in [0.2, 0.25) is 0 Å². The van der Waals surface area contributed by atoms with Crippen molar-refractivity contribution in [2.45, 2.75) is 25.7 Å². The Labute approximate surface area is 141 Å². The van der Waals surface area contributed by atoms with Crippen LogP contribution in [-0.2, 0) is 10.0 Å². The summed E-state index contributed by atoms with van der Waals surface area (Å²) in [6.45, 7) is 5.78. The van der Waals surface area contributed by atoms with Gasteiger partial charge in [-0.25, -0.2) is 8.42 Å². The van der Waals surface area contributed by atoms with Gasteiger partial charge in [0.15, 0.2) is 5.82 Å². The Morgan fingerprint density at radius 2 is 1.50 bits per heavy atom. The molecule has 0 saturated heterocycles. The Morgan fingerprint density at radius 1 is 0.875 bits per heavy atom. The second-order valence-electron chi connectivity index (χ2n) is 5.83. The summed E-state index contributed by atoms with van der Waals surface area (Å²) in [7, 11) is -3.69. The number of sulfonamides is 1. The molecule has 1 N–H and O–H groups in total. The topological polar surface area (TPSA) is 72.2 Å². The van der Waals surface area contributed by atoms with Gasteiger partial charge in [0.1, 0.15) is 5.76 Å². The minimum absolute atomic E-state index is 0.172. The molecule has 3 rings (SSSR count). The van der Waals surface area contributed by atoms with Crippen molar-refractivity contribution in [1.29, 1.82) is 0 Å². The normalized spacial score (nSPS) is 11.5. The molecule has 1 aromatic heterocycles. The SMILES string of the molecule is Cc1cc(C)cc(-c2ccc(S(=O)(=O)Nc3cc(C)on3)cc2)c1. The van der Waals surface area contributed by atoms with Gasteiger partial charge < -0.3 is 4.52 Å². The number of rotatable bonds is 4. The first-order valence-electron chi connectivity index (χ1n) is 7.48. The average Bonchev–Trinajstić information content (AvgIpc) is 2.91. The van der Waals surface area contributed by atoms with Crippen molar-refractivity contribution in [3.05, 3.63) is 65.4 Å². The lowest BCUT2D eigenvalue weighted by Crippen LogP contribution is -2.13. The molecule has 0 aliphatic heterocycles. The van der Waals surface area contributed by atoms with Gasteiger partial charge in [-0.3, -0.25) is 4.72 Å². The lowest BCUT2D eigenvalue weighted by molar-refractivity contribution is 0.400. The highest BCUT2D eigenvalue weighted by atomic mass is 32.2. The van der Waals surface area contributed by atoms with Crippen LogP contribution in [0.15, 0.2) is 57.9 Å². The van der Waals surface area contributed by atoms with Crippen molar-refractivity contribution in [2.75, 3.05) is 4.72 Å². The monoisotopic (exact) mass is 342 g/mol. The molecular formula is C18H18N2O3S. The molecule has 1 heterocycles. The van der Waals surface area contributed by atoms with E-state index in [2.05, 4.69) is 28.1 Å². The minimum Gasteiger partial charge on any atom is -0.360 e. The number of nitrogens with zero attached hydrogens (tertiary/aromatic N) is 1. The van der Waals surface area contributed by atoms with Crippen LogP contribution in [0.3, 0.4) is 0 Å². The summed E-state index contributed by atoms with van der Waals surface area (Å²) >= 11 is 0. The molecule has 0 radical (unpaired) electrons. The summed E-state index contributed by atoms with van der Waals surface area (Å²) in [5, 5.41) is 3.65. The first-order chi connectivity index (χ1) is 11.3. The first-order valence-corrected chi connectivity index (χ1v) is 8.97. The van der Waals surface area contributed by atoms with Gasteiger partial charge in [-0.2, -0.15) is 0 Å². The lowest BCUT2D eigenvalue weighted by atomic mass is 10.0. The van der Waals surface area contributed by atoms with Crippen molar-refractivity contribution in [3.63, 3.8) is 0 Å². The standard InChI is InChI=1S/C18H18N2O3S/c1-12-8-13(2)10-16(9-12)15-4-6-17(7-5-15)24(21,22)20-18-11-14(3)23-19-18/h4-11H,1-3H3,(H,19,20). The van der Waals surface area contributed by atoms with Gasteiger partial charge >= 0.3 is 0 Å². The highest BCUT2D eigenvalue weighted by Crippen LogP contribution is 2.24.